The lowest BCUT2D eigenvalue weighted by Gasteiger charge is -2.39. The molecule has 3 rings (SSSR count). The van der Waals surface area contributed by atoms with Crippen LogP contribution in [0.2, 0.25) is 0 Å². The Kier molecular flexibility index (Phi) is 5.24. The molecule has 1 aliphatic heterocycles. The Bertz CT molecular complexity index is 566. The van der Waals surface area contributed by atoms with Gasteiger partial charge in [0.1, 0.15) is 5.82 Å². The number of carbonyl (C=O) groups excluding carboxylic acids is 1. The van der Waals surface area contributed by atoms with Gasteiger partial charge >= 0.3 is 0 Å². The second-order valence-electron chi connectivity index (χ2n) is 7.51. The van der Waals surface area contributed by atoms with E-state index in [4.69, 9.17) is 0 Å². The zero-order valence-electron chi connectivity index (χ0n) is 14.9. The number of halogens is 1. The monoisotopic (exact) mass is 332 g/mol. The van der Waals surface area contributed by atoms with Crippen molar-refractivity contribution in [3.05, 3.63) is 35.6 Å². The third-order valence-electron chi connectivity index (χ3n) is 6.06. The Labute approximate surface area is 144 Å². The molecule has 0 radical (unpaired) electrons. The summed E-state index contributed by atoms with van der Waals surface area (Å²) in [5.74, 6) is -0.0921. The topological polar surface area (TPSA) is 23.6 Å². The first-order chi connectivity index (χ1) is 11.5. The first-order valence-corrected chi connectivity index (χ1v) is 9.29. The van der Waals surface area contributed by atoms with Crippen LogP contribution in [0, 0.1) is 5.82 Å². The van der Waals surface area contributed by atoms with E-state index in [2.05, 4.69) is 18.9 Å². The van der Waals surface area contributed by atoms with Gasteiger partial charge in [-0.25, -0.2) is 4.39 Å². The Morgan fingerprint density at radius 2 is 1.92 bits per heavy atom. The van der Waals surface area contributed by atoms with Gasteiger partial charge in [-0.2, -0.15) is 0 Å². The van der Waals surface area contributed by atoms with Gasteiger partial charge in [0.15, 0.2) is 0 Å². The summed E-state index contributed by atoms with van der Waals surface area (Å²) < 4.78 is 13.0. The maximum Gasteiger partial charge on any atom is 0.227 e. The SMILES string of the molecule is CCN(C(=O)Cc1ccc(F)cc1)[C@@H]1CN(C)C2(CCCCC2)C1. The van der Waals surface area contributed by atoms with Crippen molar-refractivity contribution in [2.75, 3.05) is 20.1 Å². The quantitative estimate of drug-likeness (QED) is 0.841. The zero-order chi connectivity index (χ0) is 17.2. The molecule has 24 heavy (non-hydrogen) atoms. The second kappa shape index (κ2) is 7.22. The van der Waals surface area contributed by atoms with Gasteiger partial charge in [0, 0.05) is 24.7 Å². The highest BCUT2D eigenvalue weighted by atomic mass is 19.1. The molecular formula is C20H29FN2O. The van der Waals surface area contributed by atoms with Crippen LogP contribution in [0.1, 0.15) is 51.0 Å². The maximum absolute atomic E-state index is 13.0. The molecule has 1 amide bonds. The molecule has 0 unspecified atom stereocenters. The minimum Gasteiger partial charge on any atom is -0.338 e. The van der Waals surface area contributed by atoms with Crippen LogP contribution < -0.4 is 0 Å². The van der Waals surface area contributed by atoms with E-state index in [0.29, 0.717) is 18.0 Å². The number of likely N-dealkylation sites (tertiary alicyclic amines) is 1. The number of carbonyl (C=O) groups is 1. The predicted octanol–water partition coefficient (Wildman–Crippen LogP) is 3.62. The van der Waals surface area contributed by atoms with Gasteiger partial charge < -0.3 is 4.90 Å². The standard InChI is InChI=1S/C20H29FN2O/c1-3-23(19(24)13-16-7-9-17(21)10-8-16)18-14-20(22(2)15-18)11-5-4-6-12-20/h7-10,18H,3-6,11-15H2,1-2H3/t18-/m0/s1. The van der Waals surface area contributed by atoms with Crippen molar-refractivity contribution >= 4 is 5.91 Å². The van der Waals surface area contributed by atoms with Crippen LogP contribution in [0.25, 0.3) is 0 Å². The third-order valence-corrected chi connectivity index (χ3v) is 6.06. The summed E-state index contributed by atoms with van der Waals surface area (Å²) in [5, 5.41) is 0. The van der Waals surface area contributed by atoms with Gasteiger partial charge in [-0.3, -0.25) is 9.69 Å². The van der Waals surface area contributed by atoms with Crippen molar-refractivity contribution in [1.29, 1.82) is 0 Å². The number of likely N-dealkylation sites (N-methyl/N-ethyl adjacent to an activating group) is 2. The lowest BCUT2D eigenvalue weighted by Crippen LogP contribution is -2.42. The van der Waals surface area contributed by atoms with Gasteiger partial charge in [0.25, 0.3) is 0 Å². The summed E-state index contributed by atoms with van der Waals surface area (Å²) in [5.41, 5.74) is 1.20. The Morgan fingerprint density at radius 1 is 1.25 bits per heavy atom. The number of benzene rings is 1. The van der Waals surface area contributed by atoms with E-state index < -0.39 is 0 Å². The average molecular weight is 332 g/mol. The average Bonchev–Trinajstić information content (AvgIpc) is 2.87. The molecule has 1 spiro atoms. The number of hydrogen-bond acceptors (Lipinski definition) is 2. The lowest BCUT2D eigenvalue weighted by atomic mass is 9.79. The molecule has 1 aliphatic carbocycles. The normalized spacial score (nSPS) is 23.5. The molecule has 0 bridgehead atoms. The molecule has 1 heterocycles. The fourth-order valence-corrected chi connectivity index (χ4v) is 4.69. The molecule has 2 fully saturated rings. The Morgan fingerprint density at radius 3 is 2.54 bits per heavy atom. The summed E-state index contributed by atoms with van der Waals surface area (Å²) in [7, 11) is 2.23. The van der Waals surface area contributed by atoms with E-state index in [9.17, 15) is 9.18 Å². The van der Waals surface area contributed by atoms with E-state index in [1.807, 2.05) is 4.90 Å². The molecule has 3 nitrogen and oxygen atoms in total. The van der Waals surface area contributed by atoms with Crippen molar-refractivity contribution in [2.45, 2.75) is 63.5 Å². The van der Waals surface area contributed by atoms with E-state index in [1.165, 1.54) is 44.2 Å². The molecule has 0 aromatic heterocycles. The van der Waals surface area contributed by atoms with Crippen LogP contribution >= 0.6 is 0 Å². The molecule has 2 aliphatic rings. The van der Waals surface area contributed by atoms with Gasteiger partial charge in [0.05, 0.1) is 6.42 Å². The van der Waals surface area contributed by atoms with Gasteiger partial charge in [0.2, 0.25) is 5.91 Å². The fraction of sp³-hybridized carbons (Fsp3) is 0.650. The second-order valence-corrected chi connectivity index (χ2v) is 7.51. The summed E-state index contributed by atoms with van der Waals surface area (Å²) in [6.45, 7) is 3.78. The maximum atomic E-state index is 13.0. The summed E-state index contributed by atoms with van der Waals surface area (Å²) in [6.07, 6.45) is 7.97. The molecule has 1 atom stereocenters. The van der Waals surface area contributed by atoms with Crippen molar-refractivity contribution in [1.82, 2.24) is 9.80 Å². The fourth-order valence-electron chi connectivity index (χ4n) is 4.69. The number of nitrogens with zero attached hydrogens (tertiary/aromatic N) is 2. The van der Waals surface area contributed by atoms with Gasteiger partial charge in [-0.05, 0) is 50.9 Å². The summed E-state index contributed by atoms with van der Waals surface area (Å²) in [4.78, 5) is 17.4. The molecule has 132 valence electrons. The minimum absolute atomic E-state index is 0.162. The smallest absolute Gasteiger partial charge is 0.227 e. The molecule has 1 saturated heterocycles. The predicted molar refractivity (Wildman–Crippen MR) is 94.3 cm³/mol. The molecule has 1 saturated carbocycles. The molecule has 1 aromatic rings. The van der Waals surface area contributed by atoms with E-state index >= 15 is 0 Å². The van der Waals surface area contributed by atoms with E-state index in [0.717, 1.165) is 25.1 Å². The lowest BCUT2D eigenvalue weighted by molar-refractivity contribution is -0.132. The minimum atomic E-state index is -0.254. The summed E-state index contributed by atoms with van der Waals surface area (Å²) >= 11 is 0. The van der Waals surface area contributed by atoms with Gasteiger partial charge in [-0.15, -0.1) is 0 Å². The highest BCUT2D eigenvalue weighted by molar-refractivity contribution is 5.79. The Hall–Kier alpha value is -1.42. The molecule has 4 heteroatoms. The first kappa shape index (κ1) is 17.4. The van der Waals surface area contributed by atoms with Crippen molar-refractivity contribution in [2.24, 2.45) is 0 Å². The van der Waals surface area contributed by atoms with Crippen LogP contribution in [0.15, 0.2) is 24.3 Å². The van der Waals surface area contributed by atoms with Crippen LogP contribution in [0.3, 0.4) is 0 Å². The van der Waals surface area contributed by atoms with Crippen LogP contribution in [-0.4, -0.2) is 47.4 Å². The van der Waals surface area contributed by atoms with Crippen molar-refractivity contribution < 1.29 is 9.18 Å². The van der Waals surface area contributed by atoms with Crippen molar-refractivity contribution in [3.8, 4) is 0 Å². The van der Waals surface area contributed by atoms with Crippen LogP contribution in [0.4, 0.5) is 4.39 Å². The molecule has 0 N–H and O–H groups in total. The highest BCUT2D eigenvalue weighted by Crippen LogP contribution is 2.42. The third kappa shape index (κ3) is 3.49. The number of hydrogen-bond donors (Lipinski definition) is 0. The van der Waals surface area contributed by atoms with E-state index in [-0.39, 0.29) is 11.7 Å². The van der Waals surface area contributed by atoms with Gasteiger partial charge in [-0.1, -0.05) is 31.4 Å². The van der Waals surface area contributed by atoms with Crippen LogP contribution in [0.5, 0.6) is 0 Å². The Balaban J connectivity index is 1.67. The number of rotatable bonds is 4. The van der Waals surface area contributed by atoms with Crippen molar-refractivity contribution in [3.63, 3.8) is 0 Å². The highest BCUT2D eigenvalue weighted by Gasteiger charge is 2.46. The summed E-state index contributed by atoms with van der Waals surface area (Å²) in [6, 6.07) is 6.60. The molecule has 1 aromatic carbocycles. The zero-order valence-corrected chi connectivity index (χ0v) is 14.9. The first-order valence-electron chi connectivity index (χ1n) is 9.29. The van der Waals surface area contributed by atoms with Crippen LogP contribution in [-0.2, 0) is 11.2 Å². The number of amides is 1. The molecular weight excluding hydrogens is 303 g/mol. The van der Waals surface area contributed by atoms with E-state index in [1.54, 1.807) is 12.1 Å². The largest absolute Gasteiger partial charge is 0.338 e.